The lowest BCUT2D eigenvalue weighted by atomic mass is 9.94. The molecule has 2 aromatic heterocycles. The summed E-state index contributed by atoms with van der Waals surface area (Å²) in [7, 11) is 3.23. The van der Waals surface area contributed by atoms with E-state index >= 15 is 0 Å². The van der Waals surface area contributed by atoms with Crippen LogP contribution in [0.5, 0.6) is 0 Å². The Labute approximate surface area is 138 Å². The molecule has 3 aromatic rings. The lowest BCUT2D eigenvalue weighted by Crippen LogP contribution is -2.44. The van der Waals surface area contributed by atoms with Crippen LogP contribution in [0.1, 0.15) is 28.6 Å². The third kappa shape index (κ3) is 1.93. The molecule has 0 amide bonds. The molecule has 2 N–H and O–H groups in total. The molecule has 1 aliphatic rings. The summed E-state index contributed by atoms with van der Waals surface area (Å²) in [5.74, 6) is 0. The van der Waals surface area contributed by atoms with E-state index in [0.29, 0.717) is 11.3 Å². The summed E-state index contributed by atoms with van der Waals surface area (Å²) < 4.78 is 2.72. The van der Waals surface area contributed by atoms with Crippen molar-refractivity contribution in [3.63, 3.8) is 0 Å². The molecule has 124 valence electrons. The van der Waals surface area contributed by atoms with Gasteiger partial charge in [-0.3, -0.25) is 9.36 Å². The van der Waals surface area contributed by atoms with Gasteiger partial charge in [0.05, 0.1) is 11.6 Å². The Morgan fingerprint density at radius 2 is 1.88 bits per heavy atom. The highest BCUT2D eigenvalue weighted by molar-refractivity contribution is 5.85. The normalized spacial score (nSPS) is 17.2. The molecule has 1 aliphatic heterocycles. The molecule has 6 nitrogen and oxygen atoms in total. The van der Waals surface area contributed by atoms with Gasteiger partial charge in [0.2, 0.25) is 0 Å². The van der Waals surface area contributed by atoms with Crippen molar-refractivity contribution in [2.75, 3.05) is 6.54 Å². The Morgan fingerprint density at radius 3 is 2.67 bits per heavy atom. The van der Waals surface area contributed by atoms with Crippen molar-refractivity contribution in [2.45, 2.75) is 19.4 Å². The lowest BCUT2D eigenvalue weighted by molar-refractivity contribution is 0.532. The summed E-state index contributed by atoms with van der Waals surface area (Å²) in [4.78, 5) is 28.4. The predicted molar refractivity (Wildman–Crippen MR) is 93.5 cm³/mol. The van der Waals surface area contributed by atoms with E-state index in [4.69, 9.17) is 0 Å². The summed E-state index contributed by atoms with van der Waals surface area (Å²) >= 11 is 0. The van der Waals surface area contributed by atoms with Crippen LogP contribution in [0, 0.1) is 6.92 Å². The third-order valence-electron chi connectivity index (χ3n) is 5.15. The lowest BCUT2D eigenvalue weighted by Gasteiger charge is -2.26. The number of aromatic nitrogens is 3. The highest BCUT2D eigenvalue weighted by atomic mass is 16.2. The second kappa shape index (κ2) is 5.21. The first kappa shape index (κ1) is 15.0. The van der Waals surface area contributed by atoms with Crippen molar-refractivity contribution in [1.29, 1.82) is 0 Å². The number of benzene rings is 1. The largest absolute Gasteiger partial charge is 0.357 e. The van der Waals surface area contributed by atoms with Crippen LogP contribution >= 0.6 is 0 Å². The average molecular weight is 324 g/mol. The number of fused-ring (bicyclic) bond motifs is 3. The van der Waals surface area contributed by atoms with Crippen LogP contribution in [0.4, 0.5) is 0 Å². The Morgan fingerprint density at radius 1 is 1.12 bits per heavy atom. The van der Waals surface area contributed by atoms with Crippen LogP contribution in [0.25, 0.3) is 10.9 Å². The van der Waals surface area contributed by atoms with Gasteiger partial charge >= 0.3 is 5.69 Å². The van der Waals surface area contributed by atoms with Gasteiger partial charge in [-0.15, -0.1) is 0 Å². The molecular formula is C18H20N4O2. The van der Waals surface area contributed by atoms with Crippen LogP contribution in [0.3, 0.4) is 0 Å². The van der Waals surface area contributed by atoms with Crippen LogP contribution in [0.15, 0.2) is 33.9 Å². The smallest absolute Gasteiger partial charge is 0.330 e. The fraction of sp³-hybridized carbons (Fsp3) is 0.333. The predicted octanol–water partition coefficient (Wildman–Crippen LogP) is 1.11. The topological polar surface area (TPSA) is 71.8 Å². The SMILES string of the molecule is Cc1c(C2NCCc3c2[nH]c2ccccc32)c(=O)n(C)c(=O)n1C. The van der Waals surface area contributed by atoms with Gasteiger partial charge in [0.1, 0.15) is 0 Å². The number of para-hydroxylation sites is 1. The van der Waals surface area contributed by atoms with Crippen molar-refractivity contribution in [1.82, 2.24) is 19.4 Å². The van der Waals surface area contributed by atoms with E-state index in [9.17, 15) is 9.59 Å². The second-order valence-corrected chi connectivity index (χ2v) is 6.40. The molecule has 0 bridgehead atoms. The van der Waals surface area contributed by atoms with Crippen molar-refractivity contribution in [2.24, 2.45) is 14.1 Å². The Kier molecular flexibility index (Phi) is 3.25. The monoisotopic (exact) mass is 324 g/mol. The number of nitrogens with one attached hydrogen (secondary N) is 2. The molecular weight excluding hydrogens is 304 g/mol. The number of hydrogen-bond donors (Lipinski definition) is 2. The van der Waals surface area contributed by atoms with E-state index in [1.54, 1.807) is 7.05 Å². The standard InChI is InChI=1S/C18H20N4O2/c1-10-14(17(23)22(3)18(24)21(10)2)16-15-12(8-9-19-16)11-6-4-5-7-13(11)20-15/h4-7,16,19-20H,8-9H2,1-3H3. The summed E-state index contributed by atoms with van der Waals surface area (Å²) in [6, 6.07) is 7.97. The molecule has 6 heteroatoms. The van der Waals surface area contributed by atoms with Crippen molar-refractivity contribution in [3.8, 4) is 0 Å². The maximum Gasteiger partial charge on any atom is 0.330 e. The molecule has 0 spiro atoms. The van der Waals surface area contributed by atoms with E-state index in [1.807, 2.05) is 19.1 Å². The van der Waals surface area contributed by atoms with Crippen LogP contribution in [0.2, 0.25) is 0 Å². The molecule has 1 atom stereocenters. The fourth-order valence-corrected chi connectivity index (χ4v) is 3.73. The molecule has 0 radical (unpaired) electrons. The minimum Gasteiger partial charge on any atom is -0.357 e. The van der Waals surface area contributed by atoms with E-state index in [1.165, 1.54) is 27.1 Å². The number of H-pyrrole nitrogens is 1. The average Bonchev–Trinajstić information content (AvgIpc) is 2.98. The zero-order valence-corrected chi connectivity index (χ0v) is 14.0. The Balaban J connectivity index is 2.02. The molecule has 0 saturated carbocycles. The van der Waals surface area contributed by atoms with Gasteiger partial charge in [-0.1, -0.05) is 18.2 Å². The summed E-state index contributed by atoms with van der Waals surface area (Å²) in [6.45, 7) is 2.63. The first-order valence-electron chi connectivity index (χ1n) is 8.10. The molecule has 0 aliphatic carbocycles. The third-order valence-corrected chi connectivity index (χ3v) is 5.15. The van der Waals surface area contributed by atoms with Crippen molar-refractivity contribution >= 4 is 10.9 Å². The number of aromatic amines is 1. The minimum absolute atomic E-state index is 0.230. The van der Waals surface area contributed by atoms with E-state index in [0.717, 1.165) is 24.2 Å². The Bertz CT molecular complexity index is 1070. The van der Waals surface area contributed by atoms with Crippen LogP contribution in [-0.2, 0) is 20.5 Å². The van der Waals surface area contributed by atoms with E-state index < -0.39 is 0 Å². The first-order valence-corrected chi connectivity index (χ1v) is 8.10. The maximum atomic E-state index is 12.8. The maximum absolute atomic E-state index is 12.8. The summed E-state index contributed by atoms with van der Waals surface area (Å²) in [6.07, 6.45) is 0.918. The minimum atomic E-state index is -0.297. The van der Waals surface area contributed by atoms with Crippen LogP contribution < -0.4 is 16.6 Å². The van der Waals surface area contributed by atoms with Gasteiger partial charge in [0.25, 0.3) is 5.56 Å². The number of hydrogen-bond acceptors (Lipinski definition) is 3. The molecule has 4 rings (SSSR count). The van der Waals surface area contributed by atoms with Gasteiger partial charge in [0, 0.05) is 42.9 Å². The van der Waals surface area contributed by atoms with Crippen molar-refractivity contribution in [3.05, 3.63) is 67.6 Å². The fourth-order valence-electron chi connectivity index (χ4n) is 3.73. The zero-order valence-electron chi connectivity index (χ0n) is 14.0. The zero-order chi connectivity index (χ0) is 17.0. The molecule has 1 unspecified atom stereocenters. The molecule has 0 saturated heterocycles. The summed E-state index contributed by atoms with van der Waals surface area (Å²) in [5.41, 5.74) is 4.16. The highest BCUT2D eigenvalue weighted by Crippen LogP contribution is 2.32. The first-order chi connectivity index (χ1) is 11.5. The van der Waals surface area contributed by atoms with Gasteiger partial charge in [0.15, 0.2) is 0 Å². The van der Waals surface area contributed by atoms with Crippen molar-refractivity contribution < 1.29 is 0 Å². The summed E-state index contributed by atoms with van der Waals surface area (Å²) in [5, 5.41) is 4.65. The number of nitrogens with zero attached hydrogens (tertiary/aromatic N) is 2. The quantitative estimate of drug-likeness (QED) is 0.704. The van der Waals surface area contributed by atoms with Gasteiger partial charge in [-0.2, -0.15) is 0 Å². The van der Waals surface area contributed by atoms with Gasteiger partial charge < -0.3 is 14.9 Å². The Hall–Kier alpha value is -2.60. The molecule has 1 aromatic carbocycles. The van der Waals surface area contributed by atoms with Crippen LogP contribution in [-0.4, -0.2) is 20.7 Å². The number of rotatable bonds is 1. The molecule has 0 fully saturated rings. The van der Waals surface area contributed by atoms with Gasteiger partial charge in [-0.05, 0) is 25.0 Å². The highest BCUT2D eigenvalue weighted by Gasteiger charge is 2.29. The van der Waals surface area contributed by atoms with Gasteiger partial charge in [-0.25, -0.2) is 4.79 Å². The molecule has 24 heavy (non-hydrogen) atoms. The second-order valence-electron chi connectivity index (χ2n) is 6.40. The van der Waals surface area contributed by atoms with E-state index in [2.05, 4.69) is 22.4 Å². The molecule has 3 heterocycles. The van der Waals surface area contributed by atoms with E-state index in [-0.39, 0.29) is 17.3 Å².